The summed E-state index contributed by atoms with van der Waals surface area (Å²) in [5.41, 5.74) is 15.4. The van der Waals surface area contributed by atoms with E-state index in [2.05, 4.69) is 6.07 Å². The van der Waals surface area contributed by atoms with E-state index >= 15 is 0 Å². The SMILES string of the molecule is N#Cc1ccc(-c2cc(N)ccc2N)cc1. The molecule has 0 aromatic heterocycles. The fourth-order valence-corrected chi connectivity index (χ4v) is 1.55. The summed E-state index contributed by atoms with van der Waals surface area (Å²) in [4.78, 5) is 0. The van der Waals surface area contributed by atoms with Crippen LogP contribution in [-0.4, -0.2) is 0 Å². The van der Waals surface area contributed by atoms with Crippen molar-refractivity contribution in [1.29, 1.82) is 5.26 Å². The van der Waals surface area contributed by atoms with Crippen molar-refractivity contribution in [2.45, 2.75) is 0 Å². The van der Waals surface area contributed by atoms with E-state index in [4.69, 9.17) is 16.7 Å². The van der Waals surface area contributed by atoms with Gasteiger partial charge in [0.25, 0.3) is 0 Å². The van der Waals surface area contributed by atoms with Crippen molar-refractivity contribution < 1.29 is 0 Å². The number of hydrogen-bond donors (Lipinski definition) is 2. The minimum atomic E-state index is 0.631. The highest BCUT2D eigenvalue weighted by Gasteiger charge is 2.02. The second-order valence-electron chi connectivity index (χ2n) is 3.54. The molecule has 0 radical (unpaired) electrons. The molecule has 2 aromatic rings. The molecule has 0 heterocycles. The number of hydrogen-bond acceptors (Lipinski definition) is 3. The molecule has 0 aliphatic heterocycles. The molecule has 0 aliphatic carbocycles. The van der Waals surface area contributed by atoms with Gasteiger partial charge < -0.3 is 11.5 Å². The maximum absolute atomic E-state index is 8.70. The number of nitrogen functional groups attached to an aromatic ring is 2. The van der Waals surface area contributed by atoms with Gasteiger partial charge in [-0.1, -0.05) is 12.1 Å². The van der Waals surface area contributed by atoms with Crippen LogP contribution in [0.1, 0.15) is 5.56 Å². The number of nitriles is 1. The molecule has 0 saturated carbocycles. The Morgan fingerprint density at radius 1 is 0.938 bits per heavy atom. The first-order valence-corrected chi connectivity index (χ1v) is 4.86. The summed E-state index contributed by atoms with van der Waals surface area (Å²) in [5, 5.41) is 8.70. The number of rotatable bonds is 1. The lowest BCUT2D eigenvalue weighted by Gasteiger charge is -2.06. The van der Waals surface area contributed by atoms with Gasteiger partial charge in [0, 0.05) is 16.9 Å². The largest absolute Gasteiger partial charge is 0.399 e. The van der Waals surface area contributed by atoms with Gasteiger partial charge in [-0.2, -0.15) is 5.26 Å². The maximum atomic E-state index is 8.70. The summed E-state index contributed by atoms with van der Waals surface area (Å²) in [6, 6.07) is 14.7. The lowest BCUT2D eigenvalue weighted by Crippen LogP contribution is -1.92. The van der Waals surface area contributed by atoms with Crippen LogP contribution in [0, 0.1) is 11.3 Å². The monoisotopic (exact) mass is 209 g/mol. The molecule has 3 nitrogen and oxygen atoms in total. The van der Waals surface area contributed by atoms with Crippen LogP contribution in [0.4, 0.5) is 11.4 Å². The summed E-state index contributed by atoms with van der Waals surface area (Å²) in [6.07, 6.45) is 0. The Labute approximate surface area is 93.9 Å². The van der Waals surface area contributed by atoms with Crippen LogP contribution in [0.5, 0.6) is 0 Å². The standard InChI is InChI=1S/C13H11N3/c14-8-9-1-3-10(4-2-9)12-7-11(15)5-6-13(12)16/h1-7H,15-16H2. The van der Waals surface area contributed by atoms with Gasteiger partial charge >= 0.3 is 0 Å². The average Bonchev–Trinajstić information content (AvgIpc) is 2.32. The van der Waals surface area contributed by atoms with E-state index in [1.54, 1.807) is 24.3 Å². The first-order chi connectivity index (χ1) is 7.70. The summed E-state index contributed by atoms with van der Waals surface area (Å²) >= 11 is 0. The third-order valence-electron chi connectivity index (χ3n) is 2.40. The number of benzene rings is 2. The van der Waals surface area contributed by atoms with Gasteiger partial charge in [-0.25, -0.2) is 0 Å². The molecule has 78 valence electrons. The van der Waals surface area contributed by atoms with E-state index in [-0.39, 0.29) is 0 Å². The highest BCUT2D eigenvalue weighted by molar-refractivity contribution is 5.79. The molecule has 3 heteroatoms. The Kier molecular flexibility index (Phi) is 2.49. The number of anilines is 2. The molecule has 0 saturated heterocycles. The fourth-order valence-electron chi connectivity index (χ4n) is 1.55. The summed E-state index contributed by atoms with van der Waals surface area (Å²) in [6.45, 7) is 0. The molecule has 2 aromatic carbocycles. The lowest BCUT2D eigenvalue weighted by atomic mass is 10.0. The third-order valence-corrected chi connectivity index (χ3v) is 2.40. The molecule has 4 N–H and O–H groups in total. The van der Waals surface area contributed by atoms with Crippen LogP contribution >= 0.6 is 0 Å². The van der Waals surface area contributed by atoms with Gasteiger partial charge in [0.05, 0.1) is 11.6 Å². The molecular weight excluding hydrogens is 198 g/mol. The van der Waals surface area contributed by atoms with Crippen LogP contribution in [0.25, 0.3) is 11.1 Å². The van der Waals surface area contributed by atoms with Crippen molar-refractivity contribution in [3.8, 4) is 17.2 Å². The lowest BCUT2D eigenvalue weighted by molar-refractivity contribution is 1.48. The topological polar surface area (TPSA) is 75.8 Å². The molecule has 0 bridgehead atoms. The quantitative estimate of drug-likeness (QED) is 0.708. The first-order valence-electron chi connectivity index (χ1n) is 4.86. The molecule has 2 rings (SSSR count). The Bertz CT molecular complexity index is 550. The average molecular weight is 209 g/mol. The van der Waals surface area contributed by atoms with Crippen molar-refractivity contribution in [2.75, 3.05) is 11.5 Å². The molecule has 0 amide bonds. The van der Waals surface area contributed by atoms with Gasteiger partial charge in [-0.15, -0.1) is 0 Å². The molecule has 0 atom stereocenters. The van der Waals surface area contributed by atoms with E-state index in [1.165, 1.54) is 0 Å². The van der Waals surface area contributed by atoms with Crippen LogP contribution in [0.3, 0.4) is 0 Å². The van der Waals surface area contributed by atoms with Gasteiger partial charge in [0.1, 0.15) is 0 Å². The molecule has 16 heavy (non-hydrogen) atoms. The molecule has 0 spiro atoms. The van der Waals surface area contributed by atoms with Crippen molar-refractivity contribution in [3.63, 3.8) is 0 Å². The third kappa shape index (κ3) is 1.82. The summed E-state index contributed by atoms with van der Waals surface area (Å²) < 4.78 is 0. The van der Waals surface area contributed by atoms with Gasteiger partial charge in [-0.3, -0.25) is 0 Å². The van der Waals surface area contributed by atoms with Crippen LogP contribution in [-0.2, 0) is 0 Å². The minimum Gasteiger partial charge on any atom is -0.399 e. The van der Waals surface area contributed by atoms with Gasteiger partial charge in [0.2, 0.25) is 0 Å². The van der Waals surface area contributed by atoms with Crippen LogP contribution in [0.15, 0.2) is 42.5 Å². The molecule has 0 fully saturated rings. The highest BCUT2D eigenvalue weighted by atomic mass is 14.6. The van der Waals surface area contributed by atoms with Crippen molar-refractivity contribution >= 4 is 11.4 Å². The summed E-state index contributed by atoms with van der Waals surface area (Å²) in [5.74, 6) is 0. The second-order valence-corrected chi connectivity index (χ2v) is 3.54. The number of nitrogens with zero attached hydrogens (tertiary/aromatic N) is 1. The Morgan fingerprint density at radius 2 is 1.62 bits per heavy atom. The fraction of sp³-hybridized carbons (Fsp3) is 0. The second kappa shape index (κ2) is 3.95. The smallest absolute Gasteiger partial charge is 0.0991 e. The van der Waals surface area contributed by atoms with E-state index in [1.807, 2.05) is 18.2 Å². The molecular formula is C13H11N3. The predicted octanol–water partition coefficient (Wildman–Crippen LogP) is 2.39. The highest BCUT2D eigenvalue weighted by Crippen LogP contribution is 2.27. The minimum absolute atomic E-state index is 0.631. The normalized spacial score (nSPS) is 9.69. The van der Waals surface area contributed by atoms with Crippen LogP contribution in [0.2, 0.25) is 0 Å². The molecule has 0 unspecified atom stereocenters. The van der Waals surface area contributed by atoms with E-state index in [0.717, 1.165) is 11.1 Å². The van der Waals surface area contributed by atoms with Crippen molar-refractivity contribution in [3.05, 3.63) is 48.0 Å². The first kappa shape index (κ1) is 10.1. The van der Waals surface area contributed by atoms with Crippen molar-refractivity contribution in [2.24, 2.45) is 0 Å². The Hall–Kier alpha value is -2.47. The summed E-state index contributed by atoms with van der Waals surface area (Å²) in [7, 11) is 0. The Balaban J connectivity index is 2.50. The van der Waals surface area contributed by atoms with Gasteiger partial charge in [-0.05, 0) is 35.9 Å². The zero-order valence-corrected chi connectivity index (χ0v) is 8.64. The molecule has 0 aliphatic rings. The van der Waals surface area contributed by atoms with Crippen molar-refractivity contribution in [1.82, 2.24) is 0 Å². The van der Waals surface area contributed by atoms with Gasteiger partial charge in [0.15, 0.2) is 0 Å². The van der Waals surface area contributed by atoms with Crippen LogP contribution < -0.4 is 11.5 Å². The Morgan fingerprint density at radius 3 is 2.25 bits per heavy atom. The number of nitrogens with two attached hydrogens (primary N) is 2. The van der Waals surface area contributed by atoms with E-state index < -0.39 is 0 Å². The zero-order valence-electron chi connectivity index (χ0n) is 8.64. The maximum Gasteiger partial charge on any atom is 0.0991 e. The van der Waals surface area contributed by atoms with E-state index in [0.29, 0.717) is 16.9 Å². The van der Waals surface area contributed by atoms with E-state index in [9.17, 15) is 0 Å². The zero-order chi connectivity index (χ0) is 11.5. The predicted molar refractivity (Wildman–Crippen MR) is 65.4 cm³/mol.